The molecule has 1 unspecified atom stereocenters. The first kappa shape index (κ1) is 14.0. The van der Waals surface area contributed by atoms with E-state index in [1.807, 2.05) is 0 Å². The van der Waals surface area contributed by atoms with E-state index in [2.05, 4.69) is 0 Å². The molecule has 8 heteroatoms. The second-order valence-corrected chi connectivity index (χ2v) is 7.52. The van der Waals surface area contributed by atoms with E-state index in [0.717, 1.165) is 0 Å². The van der Waals surface area contributed by atoms with Crippen molar-refractivity contribution < 1.29 is 23.1 Å². The standard InChI is InChI=1S/C11H13NO5S2/c13-10(14)6-8-7-19(16,17)5-3-12(8)11(15)9-2-1-4-18-9/h1-2,4,8H,3,5-7H2,(H,13,14). The van der Waals surface area contributed by atoms with Crippen molar-refractivity contribution in [3.63, 3.8) is 0 Å². The number of sulfone groups is 1. The van der Waals surface area contributed by atoms with Crippen molar-refractivity contribution in [2.75, 3.05) is 18.1 Å². The fourth-order valence-corrected chi connectivity index (χ4v) is 4.27. The van der Waals surface area contributed by atoms with Crippen LogP contribution in [0.5, 0.6) is 0 Å². The van der Waals surface area contributed by atoms with Gasteiger partial charge in [0.1, 0.15) is 0 Å². The van der Waals surface area contributed by atoms with E-state index < -0.39 is 21.8 Å². The minimum absolute atomic E-state index is 0.0526. The number of aliphatic carboxylic acids is 1. The van der Waals surface area contributed by atoms with Crippen LogP contribution in [0, 0.1) is 0 Å². The van der Waals surface area contributed by atoms with Crippen LogP contribution in [-0.2, 0) is 14.6 Å². The predicted molar refractivity (Wildman–Crippen MR) is 70.1 cm³/mol. The van der Waals surface area contributed by atoms with Gasteiger partial charge in [0.2, 0.25) is 0 Å². The molecule has 2 rings (SSSR count). The normalized spacial score (nSPS) is 22.1. The van der Waals surface area contributed by atoms with E-state index in [0.29, 0.717) is 4.88 Å². The molecule has 6 nitrogen and oxygen atoms in total. The van der Waals surface area contributed by atoms with E-state index in [9.17, 15) is 18.0 Å². The van der Waals surface area contributed by atoms with Crippen molar-refractivity contribution >= 4 is 33.1 Å². The Bertz CT molecular complexity index is 578. The molecule has 1 fully saturated rings. The Balaban J connectivity index is 2.22. The summed E-state index contributed by atoms with van der Waals surface area (Å²) in [4.78, 5) is 24.9. The van der Waals surface area contributed by atoms with Crippen molar-refractivity contribution in [2.24, 2.45) is 0 Å². The van der Waals surface area contributed by atoms with Crippen LogP contribution < -0.4 is 0 Å². The number of carboxylic acid groups (broad SMARTS) is 1. The molecule has 1 aliphatic heterocycles. The molecule has 0 aromatic carbocycles. The van der Waals surface area contributed by atoms with Gasteiger partial charge in [-0.2, -0.15) is 0 Å². The Kier molecular flexibility index (Phi) is 3.91. The average molecular weight is 303 g/mol. The van der Waals surface area contributed by atoms with Crippen LogP contribution in [0.1, 0.15) is 16.1 Å². The minimum atomic E-state index is -3.27. The maximum Gasteiger partial charge on any atom is 0.305 e. The quantitative estimate of drug-likeness (QED) is 0.876. The Morgan fingerprint density at radius 2 is 2.21 bits per heavy atom. The van der Waals surface area contributed by atoms with Gasteiger partial charge in [-0.1, -0.05) is 6.07 Å². The van der Waals surface area contributed by atoms with Gasteiger partial charge < -0.3 is 10.0 Å². The van der Waals surface area contributed by atoms with Crippen molar-refractivity contribution in [3.05, 3.63) is 22.4 Å². The summed E-state index contributed by atoms with van der Waals surface area (Å²) in [5.41, 5.74) is 0. The molecular formula is C11H13NO5S2. The van der Waals surface area contributed by atoms with Crippen LogP contribution in [0.4, 0.5) is 0 Å². The summed E-state index contributed by atoms with van der Waals surface area (Å²) in [6.07, 6.45) is -0.351. The van der Waals surface area contributed by atoms with E-state index in [1.165, 1.54) is 16.2 Å². The van der Waals surface area contributed by atoms with Crippen LogP contribution in [-0.4, -0.2) is 54.4 Å². The van der Waals surface area contributed by atoms with Gasteiger partial charge in [0.25, 0.3) is 5.91 Å². The van der Waals surface area contributed by atoms with Crippen molar-refractivity contribution in [1.82, 2.24) is 4.90 Å². The predicted octanol–water partition coefficient (Wildman–Crippen LogP) is 0.462. The van der Waals surface area contributed by atoms with Gasteiger partial charge in [0.15, 0.2) is 9.84 Å². The molecule has 1 amide bonds. The molecule has 1 aromatic heterocycles. The fourth-order valence-electron chi connectivity index (χ4n) is 2.07. The van der Waals surface area contributed by atoms with Crippen molar-refractivity contribution in [1.29, 1.82) is 0 Å². The summed E-state index contributed by atoms with van der Waals surface area (Å²) in [6, 6.07) is 2.59. The lowest BCUT2D eigenvalue weighted by Gasteiger charge is -2.34. The summed E-state index contributed by atoms with van der Waals surface area (Å²) in [5.74, 6) is -1.79. The van der Waals surface area contributed by atoms with E-state index in [1.54, 1.807) is 17.5 Å². The highest BCUT2D eigenvalue weighted by molar-refractivity contribution is 7.91. The van der Waals surface area contributed by atoms with Crippen LogP contribution in [0.25, 0.3) is 0 Å². The number of nitrogens with zero attached hydrogens (tertiary/aromatic N) is 1. The number of hydrogen-bond donors (Lipinski definition) is 1. The second-order valence-electron chi connectivity index (χ2n) is 4.34. The smallest absolute Gasteiger partial charge is 0.305 e. The lowest BCUT2D eigenvalue weighted by Crippen LogP contribution is -2.51. The van der Waals surface area contributed by atoms with Crippen molar-refractivity contribution in [3.8, 4) is 0 Å². The van der Waals surface area contributed by atoms with Crippen LogP contribution >= 0.6 is 11.3 Å². The second kappa shape index (κ2) is 5.30. The van der Waals surface area contributed by atoms with E-state index in [4.69, 9.17) is 5.11 Å². The first-order valence-corrected chi connectivity index (χ1v) is 8.36. The Morgan fingerprint density at radius 1 is 1.47 bits per heavy atom. The average Bonchev–Trinajstić information content (AvgIpc) is 2.79. The highest BCUT2D eigenvalue weighted by Crippen LogP contribution is 2.20. The third kappa shape index (κ3) is 3.32. The lowest BCUT2D eigenvalue weighted by molar-refractivity contribution is -0.138. The Hall–Kier alpha value is -1.41. The topological polar surface area (TPSA) is 91.8 Å². The summed E-state index contributed by atoms with van der Waals surface area (Å²) in [5, 5.41) is 10.6. The first-order chi connectivity index (χ1) is 8.89. The molecule has 104 valence electrons. The minimum Gasteiger partial charge on any atom is -0.481 e. The number of amides is 1. The molecule has 0 aliphatic carbocycles. The molecule has 1 saturated heterocycles. The number of carbonyl (C=O) groups is 2. The fraction of sp³-hybridized carbons (Fsp3) is 0.455. The van der Waals surface area contributed by atoms with E-state index >= 15 is 0 Å². The van der Waals surface area contributed by atoms with Gasteiger partial charge in [-0.15, -0.1) is 11.3 Å². The molecule has 0 spiro atoms. The Morgan fingerprint density at radius 3 is 2.79 bits per heavy atom. The molecule has 1 aromatic rings. The molecule has 0 saturated carbocycles. The van der Waals surface area contributed by atoms with Crippen LogP contribution in [0.2, 0.25) is 0 Å². The summed E-state index contributed by atoms with van der Waals surface area (Å²) in [7, 11) is -3.27. The van der Waals surface area contributed by atoms with Gasteiger partial charge >= 0.3 is 5.97 Å². The lowest BCUT2D eigenvalue weighted by atomic mass is 10.2. The zero-order valence-electron chi connectivity index (χ0n) is 9.98. The third-order valence-electron chi connectivity index (χ3n) is 2.93. The largest absolute Gasteiger partial charge is 0.481 e. The first-order valence-electron chi connectivity index (χ1n) is 5.66. The van der Waals surface area contributed by atoms with Gasteiger partial charge in [-0.3, -0.25) is 9.59 Å². The molecule has 0 bridgehead atoms. The Labute approximate surface area is 114 Å². The zero-order valence-corrected chi connectivity index (χ0v) is 11.6. The van der Waals surface area contributed by atoms with E-state index in [-0.39, 0.29) is 30.4 Å². The highest BCUT2D eigenvalue weighted by Gasteiger charge is 2.35. The molecule has 0 radical (unpaired) electrons. The zero-order chi connectivity index (χ0) is 14.0. The molecule has 2 heterocycles. The maximum absolute atomic E-state index is 12.2. The van der Waals surface area contributed by atoms with Gasteiger partial charge in [-0.25, -0.2) is 8.42 Å². The number of carbonyl (C=O) groups excluding carboxylic acids is 1. The van der Waals surface area contributed by atoms with Crippen LogP contribution in [0.15, 0.2) is 17.5 Å². The van der Waals surface area contributed by atoms with Gasteiger partial charge in [0, 0.05) is 6.54 Å². The molecular weight excluding hydrogens is 290 g/mol. The molecule has 19 heavy (non-hydrogen) atoms. The molecule has 1 aliphatic rings. The number of rotatable bonds is 3. The molecule has 1 atom stereocenters. The summed E-state index contributed by atoms with van der Waals surface area (Å²) < 4.78 is 23.1. The number of hydrogen-bond acceptors (Lipinski definition) is 5. The van der Waals surface area contributed by atoms with Crippen molar-refractivity contribution in [2.45, 2.75) is 12.5 Å². The number of carboxylic acids is 1. The van der Waals surface area contributed by atoms with Crippen LogP contribution in [0.3, 0.4) is 0 Å². The maximum atomic E-state index is 12.2. The van der Waals surface area contributed by atoms with Gasteiger partial charge in [0.05, 0.1) is 28.8 Å². The number of thiophene rings is 1. The third-order valence-corrected chi connectivity index (χ3v) is 5.49. The monoisotopic (exact) mass is 303 g/mol. The van der Waals surface area contributed by atoms with Gasteiger partial charge in [-0.05, 0) is 11.4 Å². The SMILES string of the molecule is O=C(O)CC1CS(=O)(=O)CCN1C(=O)c1cccs1. The summed E-state index contributed by atoms with van der Waals surface area (Å²) >= 11 is 1.26. The molecule has 1 N–H and O–H groups in total. The highest BCUT2D eigenvalue weighted by atomic mass is 32.2. The summed E-state index contributed by atoms with van der Waals surface area (Å²) in [6.45, 7) is 0.0526.